The van der Waals surface area contributed by atoms with Crippen molar-refractivity contribution in [2.45, 2.75) is 141 Å². The highest BCUT2D eigenvalue weighted by Crippen LogP contribution is 2.34. The molecule has 21 heteroatoms. The number of carbonyl (C=O) groups excluding carboxylic acids is 10. The number of benzene rings is 4. The van der Waals surface area contributed by atoms with Gasteiger partial charge in [0.1, 0.15) is 42.9 Å². The Kier molecular flexibility index (Phi) is 24.4. The van der Waals surface area contributed by atoms with E-state index < -0.39 is 101 Å². The topological polar surface area (TPSA) is 248 Å². The smallest absolute Gasteiger partial charge is 0.330 e. The van der Waals surface area contributed by atoms with Crippen LogP contribution >= 0.6 is 0 Å². The summed E-state index contributed by atoms with van der Waals surface area (Å²) in [6.45, 7) is 6.82. The summed E-state index contributed by atoms with van der Waals surface area (Å²) >= 11 is 0. The van der Waals surface area contributed by atoms with Crippen LogP contribution in [0.25, 0.3) is 0 Å². The van der Waals surface area contributed by atoms with Gasteiger partial charge < -0.3 is 54.1 Å². The van der Waals surface area contributed by atoms with Gasteiger partial charge in [-0.2, -0.15) is 0 Å². The lowest BCUT2D eigenvalue weighted by Gasteiger charge is -2.37. The number of cyclic esters (lactones) is 2. The Labute approximate surface area is 527 Å². The zero-order valence-corrected chi connectivity index (χ0v) is 53.3. The Hall–Kier alpha value is -8.88. The number of nitrogens with one attached hydrogen (secondary N) is 2. The minimum Gasteiger partial charge on any atom is -0.493 e. The number of carbonyl (C=O) groups is 10. The third-order valence-electron chi connectivity index (χ3n) is 16.9. The SMILES string of the molecule is COc1ccc(CC[C@H]2OC(=O)[C@@H]3CCCCN3C(=O)C(=O)C(C)(C)COC(=O)C=CCCN(C)C(=O)C(CC(C)C)N(C)C(=O)[C@H]3CCCN3C(=O)[C@H](Cc3ccccc3)N(C)C(=O)[C@H](c3ccccc3)NC(=O)CCC(=O)Nc3cccc2c3)cc1OC. The van der Waals surface area contributed by atoms with Crippen LogP contribution in [0.5, 0.6) is 11.5 Å². The molecule has 6 atom stereocenters. The molecule has 482 valence electrons. The van der Waals surface area contributed by atoms with E-state index in [0.29, 0.717) is 66.8 Å². The maximum atomic E-state index is 15.2. The first-order chi connectivity index (χ1) is 43.0. The van der Waals surface area contributed by atoms with Crippen molar-refractivity contribution in [3.05, 3.63) is 138 Å². The van der Waals surface area contributed by atoms with E-state index >= 15 is 9.59 Å². The summed E-state index contributed by atoms with van der Waals surface area (Å²) in [5.74, 6) is -5.41. The van der Waals surface area contributed by atoms with E-state index in [9.17, 15) is 38.4 Å². The maximum absolute atomic E-state index is 15.2. The number of methoxy groups -OCH3 is 2. The first kappa shape index (κ1) is 68.6. The Bertz CT molecular complexity index is 3240. The van der Waals surface area contributed by atoms with Gasteiger partial charge in [0.05, 0.1) is 19.6 Å². The Morgan fingerprint density at radius 2 is 1.29 bits per heavy atom. The monoisotopic (exact) mass is 1240 g/mol. The number of likely N-dealkylation sites (N-methyl/N-ethyl adjacent to an activating group) is 3. The van der Waals surface area contributed by atoms with Crippen molar-refractivity contribution >= 4 is 64.8 Å². The molecule has 0 aliphatic carbocycles. The fraction of sp³-hybridized carbons (Fsp3) is 0.478. The van der Waals surface area contributed by atoms with Gasteiger partial charge in [0.2, 0.25) is 41.2 Å². The van der Waals surface area contributed by atoms with Gasteiger partial charge >= 0.3 is 11.9 Å². The van der Waals surface area contributed by atoms with Crippen LogP contribution in [-0.2, 0) is 70.3 Å². The second-order valence-corrected chi connectivity index (χ2v) is 24.5. The molecule has 0 radical (unpaired) electrons. The maximum Gasteiger partial charge on any atom is 0.330 e. The quantitative estimate of drug-likeness (QED) is 0.116. The highest BCUT2D eigenvalue weighted by molar-refractivity contribution is 6.38. The first-order valence-electron chi connectivity index (χ1n) is 31.0. The van der Waals surface area contributed by atoms with E-state index in [2.05, 4.69) is 10.6 Å². The van der Waals surface area contributed by atoms with Gasteiger partial charge in [0.25, 0.3) is 5.91 Å². The number of aryl methyl sites for hydroxylation is 1. The lowest BCUT2D eigenvalue weighted by atomic mass is 9.87. The average molecular weight is 1240 g/mol. The van der Waals surface area contributed by atoms with Crippen molar-refractivity contribution < 1.29 is 66.9 Å². The molecule has 90 heavy (non-hydrogen) atoms. The summed E-state index contributed by atoms with van der Waals surface area (Å²) in [5, 5.41) is 5.70. The molecule has 21 nitrogen and oxygen atoms in total. The van der Waals surface area contributed by atoms with Crippen molar-refractivity contribution in [1.82, 2.24) is 29.8 Å². The van der Waals surface area contributed by atoms with Gasteiger partial charge in [0.15, 0.2) is 11.5 Å². The predicted molar refractivity (Wildman–Crippen MR) is 336 cm³/mol. The molecule has 2 bridgehead atoms. The lowest BCUT2D eigenvalue weighted by Crippen LogP contribution is -2.58. The van der Waals surface area contributed by atoms with Crippen molar-refractivity contribution in [3.8, 4) is 11.5 Å². The van der Waals surface area contributed by atoms with Crippen LogP contribution in [0.3, 0.4) is 0 Å². The lowest BCUT2D eigenvalue weighted by molar-refractivity contribution is -0.165. The van der Waals surface area contributed by atoms with Crippen molar-refractivity contribution in [2.75, 3.05) is 66.9 Å². The summed E-state index contributed by atoms with van der Waals surface area (Å²) in [6, 6.07) is 24.4. The summed E-state index contributed by atoms with van der Waals surface area (Å²) < 4.78 is 22.9. The number of fused-ring (bicyclic) bond motifs is 4. The van der Waals surface area contributed by atoms with E-state index in [1.165, 1.54) is 71.8 Å². The van der Waals surface area contributed by atoms with Crippen LogP contribution in [-0.4, -0.2) is 169 Å². The molecule has 0 saturated carbocycles. The number of hydrogen-bond donors (Lipinski definition) is 2. The third kappa shape index (κ3) is 17.9. The van der Waals surface area contributed by atoms with Crippen molar-refractivity contribution in [2.24, 2.45) is 11.3 Å². The van der Waals surface area contributed by atoms with Crippen LogP contribution in [0.4, 0.5) is 5.69 Å². The standard InChI is InChI=1S/C69H87N7O14/c1-45(2)40-53-63(81)72(5)37-18-17-30-60(79)89-44-69(3,4)62(80)67(85)76-38-19-16-28-52(76)68(86)90-55(33-31-47-32-34-56(87-8)57(42-47)88-9)49-26-20-27-50(43-49)70-58(77)35-36-59(78)71-61(48-24-14-11-15-25-48)66(84)74(7)54(41-46-22-12-10-13-23-46)65(83)75-39-21-29-51(75)64(82)73(53)6/h10-15,17,20,22-27,30,32,34,42-43,45,51-55,61H,16,18-19,21,28-29,31,33,35-41,44H2,1-9H3,(H,70,77)(H,71,78)/t51-,52+,53?,54+,55-,61+/m1/s1. The molecule has 4 aromatic carbocycles. The van der Waals surface area contributed by atoms with Gasteiger partial charge in [0, 0.05) is 71.8 Å². The number of amides is 7. The summed E-state index contributed by atoms with van der Waals surface area (Å²) in [7, 11) is 7.70. The van der Waals surface area contributed by atoms with Crippen LogP contribution < -0.4 is 20.1 Å². The van der Waals surface area contributed by atoms with E-state index in [0.717, 1.165) is 11.1 Å². The zero-order chi connectivity index (χ0) is 65.2. The van der Waals surface area contributed by atoms with Crippen LogP contribution in [0, 0.1) is 11.3 Å². The number of Topliss-reactive ketones (excluding diaryl/α,β-unsaturated/α-hetero) is 1. The normalized spacial score (nSPS) is 23.0. The number of ketones is 1. The summed E-state index contributed by atoms with van der Waals surface area (Å²) in [5.41, 5.74) is 1.30. The fourth-order valence-electron chi connectivity index (χ4n) is 11.6. The number of ether oxygens (including phenoxy) is 4. The largest absolute Gasteiger partial charge is 0.493 e. The molecule has 3 aliphatic rings. The molecule has 2 fully saturated rings. The molecule has 4 aromatic rings. The highest BCUT2D eigenvalue weighted by atomic mass is 16.5. The van der Waals surface area contributed by atoms with Gasteiger partial charge in [-0.05, 0) is 124 Å². The predicted octanol–water partition coefficient (Wildman–Crippen LogP) is 7.37. The molecule has 0 spiro atoms. The summed E-state index contributed by atoms with van der Waals surface area (Å²) in [6.07, 6.45) is 4.37. The van der Waals surface area contributed by atoms with Crippen molar-refractivity contribution in [1.29, 1.82) is 0 Å². The Balaban J connectivity index is 1.20. The Morgan fingerprint density at radius 3 is 1.99 bits per heavy atom. The van der Waals surface area contributed by atoms with Crippen molar-refractivity contribution in [3.63, 3.8) is 0 Å². The molecule has 7 rings (SSSR count). The molecule has 1 unspecified atom stereocenters. The average Bonchev–Trinajstić information content (AvgIpc) is 1.52. The minimum atomic E-state index is -1.51. The molecule has 2 N–H and O–H groups in total. The van der Waals surface area contributed by atoms with E-state index in [1.54, 1.807) is 74.8 Å². The number of hydrogen-bond acceptors (Lipinski definition) is 14. The molecular weight excluding hydrogens is 1150 g/mol. The second-order valence-electron chi connectivity index (χ2n) is 24.5. The van der Waals surface area contributed by atoms with E-state index in [4.69, 9.17) is 18.9 Å². The van der Waals surface area contributed by atoms with E-state index in [-0.39, 0.29) is 70.0 Å². The van der Waals surface area contributed by atoms with Crippen LogP contribution in [0.15, 0.2) is 115 Å². The number of anilines is 1. The number of nitrogens with zero attached hydrogens (tertiary/aromatic N) is 5. The molecule has 2 saturated heterocycles. The number of esters is 2. The second kappa shape index (κ2) is 32.0. The van der Waals surface area contributed by atoms with Gasteiger partial charge in [-0.15, -0.1) is 0 Å². The number of rotatable bonds is 10. The van der Waals surface area contributed by atoms with Gasteiger partial charge in [-0.3, -0.25) is 38.4 Å². The van der Waals surface area contributed by atoms with Gasteiger partial charge in [-0.1, -0.05) is 98.8 Å². The first-order valence-corrected chi connectivity index (χ1v) is 31.0. The molecule has 3 aliphatic heterocycles. The highest BCUT2D eigenvalue weighted by Gasteiger charge is 2.45. The van der Waals surface area contributed by atoms with Crippen LogP contribution in [0.2, 0.25) is 0 Å². The molecule has 0 aromatic heterocycles. The molecule has 3 heterocycles. The number of piperidine rings is 1. The van der Waals surface area contributed by atoms with Gasteiger partial charge in [-0.25, -0.2) is 9.59 Å². The third-order valence-corrected chi connectivity index (χ3v) is 16.9. The summed E-state index contributed by atoms with van der Waals surface area (Å²) in [4.78, 5) is 150. The fourth-order valence-corrected chi connectivity index (χ4v) is 11.6. The minimum absolute atomic E-state index is 0.0265. The van der Waals surface area contributed by atoms with Crippen LogP contribution in [0.1, 0.15) is 126 Å². The zero-order valence-electron chi connectivity index (χ0n) is 53.3. The molecular formula is C69H87N7O14. The molecule has 7 amide bonds. The Morgan fingerprint density at radius 1 is 0.633 bits per heavy atom. The van der Waals surface area contributed by atoms with E-state index in [1.807, 2.05) is 56.3 Å².